The maximum absolute atomic E-state index is 2.54. The molecule has 0 amide bonds. The van der Waals surface area contributed by atoms with Gasteiger partial charge in [-0.2, -0.15) is 0 Å². The molecular weight excluding hydrogens is 470 g/mol. The van der Waals surface area contributed by atoms with E-state index in [0.717, 1.165) is 11.8 Å². The third kappa shape index (κ3) is 29.3. The summed E-state index contributed by atoms with van der Waals surface area (Å²) < 4.78 is 1.25. The second kappa shape index (κ2) is 29.5. The van der Waals surface area contributed by atoms with E-state index in [0.29, 0.717) is 0 Å². The number of hydrogen-bond acceptors (Lipinski definition) is 0. The average molecular weight is 551 g/mol. The highest BCUT2D eigenvalue weighted by molar-refractivity contribution is 4.63. The van der Waals surface area contributed by atoms with Crippen LogP contribution in [0.25, 0.3) is 0 Å². The van der Waals surface area contributed by atoms with Gasteiger partial charge in [0, 0.05) is 11.8 Å². The molecule has 1 nitrogen and oxygen atoms in total. The van der Waals surface area contributed by atoms with Crippen LogP contribution in [0, 0.1) is 11.8 Å². The Balaban J connectivity index is 4.33. The molecule has 0 fully saturated rings. The monoisotopic (exact) mass is 551 g/mol. The van der Waals surface area contributed by atoms with Crippen LogP contribution in [0.2, 0.25) is 0 Å². The summed E-state index contributed by atoms with van der Waals surface area (Å²) in [7, 11) is 5.08. The summed E-state index contributed by atoms with van der Waals surface area (Å²) >= 11 is 0. The van der Waals surface area contributed by atoms with Gasteiger partial charge in [-0.05, 0) is 19.3 Å². The lowest BCUT2D eigenvalue weighted by Gasteiger charge is -2.36. The number of hydrogen-bond donors (Lipinski definition) is 0. The van der Waals surface area contributed by atoms with Crippen LogP contribution >= 0.6 is 0 Å². The predicted octanol–water partition coefficient (Wildman–Crippen LogP) is 13.3. The van der Waals surface area contributed by atoms with Crippen LogP contribution in [0.3, 0.4) is 0 Å². The molecular formula is C38H80N+. The van der Waals surface area contributed by atoms with Crippen molar-refractivity contribution in [2.24, 2.45) is 11.8 Å². The molecule has 0 aromatic heterocycles. The average Bonchev–Trinajstić information content (AvgIpc) is 2.90. The standard InChI is InChI=1S/C38H80N/c1-7-10-13-16-19-21-22-25-28-31-34-38(33-30-27-24-20-17-14-11-8-2)36-39(5,6)35-37(4)32-29-26-23-18-15-12-9-3/h37-38H,7-36H2,1-6H3/q+1. The van der Waals surface area contributed by atoms with Gasteiger partial charge in [0.05, 0.1) is 27.2 Å². The molecule has 2 atom stereocenters. The molecule has 0 heterocycles. The Bertz CT molecular complexity index is 456. The molecule has 39 heavy (non-hydrogen) atoms. The van der Waals surface area contributed by atoms with Crippen molar-refractivity contribution in [2.75, 3.05) is 27.2 Å². The molecule has 0 aromatic rings. The summed E-state index contributed by atoms with van der Waals surface area (Å²) in [5.74, 6) is 1.82. The summed E-state index contributed by atoms with van der Waals surface area (Å²) in [4.78, 5) is 0. The normalized spacial score (nSPS) is 13.7. The van der Waals surface area contributed by atoms with Crippen molar-refractivity contribution in [3.05, 3.63) is 0 Å². The van der Waals surface area contributed by atoms with Crippen LogP contribution in [0.15, 0.2) is 0 Å². The fourth-order valence-corrected chi connectivity index (χ4v) is 6.97. The Kier molecular flexibility index (Phi) is 29.4. The third-order valence-electron chi connectivity index (χ3n) is 9.29. The fraction of sp³-hybridized carbons (Fsp3) is 1.00. The van der Waals surface area contributed by atoms with Gasteiger partial charge in [-0.25, -0.2) is 0 Å². The van der Waals surface area contributed by atoms with E-state index < -0.39 is 0 Å². The van der Waals surface area contributed by atoms with Gasteiger partial charge in [0.1, 0.15) is 0 Å². The first-order valence-corrected chi connectivity index (χ1v) is 18.8. The van der Waals surface area contributed by atoms with E-state index in [1.54, 1.807) is 0 Å². The zero-order chi connectivity index (χ0) is 28.9. The van der Waals surface area contributed by atoms with E-state index in [1.807, 2.05) is 0 Å². The lowest BCUT2D eigenvalue weighted by molar-refractivity contribution is -0.897. The summed E-state index contributed by atoms with van der Waals surface area (Å²) in [5, 5.41) is 0. The van der Waals surface area contributed by atoms with Crippen molar-refractivity contribution < 1.29 is 4.48 Å². The fourth-order valence-electron chi connectivity index (χ4n) is 6.97. The van der Waals surface area contributed by atoms with Gasteiger partial charge in [0.25, 0.3) is 0 Å². The molecule has 0 aliphatic rings. The van der Waals surface area contributed by atoms with Crippen molar-refractivity contribution in [1.82, 2.24) is 0 Å². The molecule has 236 valence electrons. The highest BCUT2D eigenvalue weighted by Gasteiger charge is 2.24. The molecule has 0 aliphatic heterocycles. The first-order valence-electron chi connectivity index (χ1n) is 18.8. The Labute approximate surface area is 250 Å². The van der Waals surface area contributed by atoms with Crippen molar-refractivity contribution >= 4 is 0 Å². The predicted molar refractivity (Wildman–Crippen MR) is 181 cm³/mol. The van der Waals surface area contributed by atoms with Crippen molar-refractivity contribution in [3.63, 3.8) is 0 Å². The molecule has 1 heteroatoms. The molecule has 2 unspecified atom stereocenters. The third-order valence-corrected chi connectivity index (χ3v) is 9.29. The smallest absolute Gasteiger partial charge is 0.0811 e. The summed E-state index contributed by atoms with van der Waals surface area (Å²) in [5.41, 5.74) is 0. The van der Waals surface area contributed by atoms with Crippen molar-refractivity contribution in [3.8, 4) is 0 Å². The molecule has 0 aliphatic carbocycles. The van der Waals surface area contributed by atoms with Gasteiger partial charge in [0.15, 0.2) is 0 Å². The number of rotatable bonds is 32. The number of quaternary nitrogens is 1. The lowest BCUT2D eigenvalue weighted by Crippen LogP contribution is -2.46. The van der Waals surface area contributed by atoms with Crippen LogP contribution in [0.4, 0.5) is 0 Å². The molecule has 0 saturated carbocycles. The Morgan fingerprint density at radius 3 is 0.974 bits per heavy atom. The van der Waals surface area contributed by atoms with Crippen LogP contribution in [0.5, 0.6) is 0 Å². The van der Waals surface area contributed by atoms with E-state index in [1.165, 1.54) is 197 Å². The van der Waals surface area contributed by atoms with Crippen molar-refractivity contribution in [1.29, 1.82) is 0 Å². The minimum absolute atomic E-state index is 0.872. The molecule has 0 saturated heterocycles. The SMILES string of the molecule is CCCCCCCCCCCCC(CCCCCCCCCC)C[N+](C)(C)CC(C)CCCCCCCCC. The second-order valence-corrected chi connectivity index (χ2v) is 14.4. The topological polar surface area (TPSA) is 0 Å². The Hall–Kier alpha value is -0.0400. The van der Waals surface area contributed by atoms with E-state index in [4.69, 9.17) is 0 Å². The van der Waals surface area contributed by atoms with E-state index in [2.05, 4.69) is 41.8 Å². The lowest BCUT2D eigenvalue weighted by atomic mass is 9.92. The van der Waals surface area contributed by atoms with E-state index in [-0.39, 0.29) is 0 Å². The van der Waals surface area contributed by atoms with Crippen LogP contribution in [0.1, 0.15) is 207 Å². The molecule has 0 N–H and O–H groups in total. The first-order chi connectivity index (χ1) is 18.9. The maximum Gasteiger partial charge on any atom is 0.0811 e. The van der Waals surface area contributed by atoms with Gasteiger partial charge in [-0.15, -0.1) is 0 Å². The summed E-state index contributed by atoms with van der Waals surface area (Å²) in [6, 6.07) is 0. The summed E-state index contributed by atoms with van der Waals surface area (Å²) in [6.07, 6.45) is 40.7. The zero-order valence-electron chi connectivity index (χ0n) is 28.8. The largest absolute Gasteiger partial charge is 0.328 e. The van der Waals surface area contributed by atoms with Crippen LogP contribution < -0.4 is 0 Å². The van der Waals surface area contributed by atoms with Crippen molar-refractivity contribution in [2.45, 2.75) is 207 Å². The van der Waals surface area contributed by atoms with Gasteiger partial charge in [-0.3, -0.25) is 0 Å². The molecule has 0 bridgehead atoms. The summed E-state index contributed by atoms with van der Waals surface area (Å²) in [6.45, 7) is 12.3. The quantitative estimate of drug-likeness (QED) is 0.0577. The minimum atomic E-state index is 0.872. The number of nitrogens with zero attached hydrogens (tertiary/aromatic N) is 1. The highest BCUT2D eigenvalue weighted by Crippen LogP contribution is 2.24. The van der Waals surface area contributed by atoms with E-state index in [9.17, 15) is 0 Å². The Morgan fingerprint density at radius 1 is 0.359 bits per heavy atom. The van der Waals surface area contributed by atoms with Crippen LogP contribution in [-0.2, 0) is 0 Å². The van der Waals surface area contributed by atoms with Gasteiger partial charge in [-0.1, -0.05) is 188 Å². The molecule has 0 rings (SSSR count). The molecule has 0 spiro atoms. The molecule has 0 aromatic carbocycles. The van der Waals surface area contributed by atoms with Gasteiger partial charge >= 0.3 is 0 Å². The highest BCUT2D eigenvalue weighted by atomic mass is 15.3. The number of unbranched alkanes of at least 4 members (excludes halogenated alkanes) is 22. The van der Waals surface area contributed by atoms with Gasteiger partial charge < -0.3 is 4.48 Å². The van der Waals surface area contributed by atoms with E-state index >= 15 is 0 Å². The van der Waals surface area contributed by atoms with Crippen LogP contribution in [-0.4, -0.2) is 31.7 Å². The Morgan fingerprint density at radius 2 is 0.641 bits per heavy atom. The second-order valence-electron chi connectivity index (χ2n) is 14.4. The first kappa shape index (κ1) is 39.0. The molecule has 0 radical (unpaired) electrons. The zero-order valence-corrected chi connectivity index (χ0v) is 28.8. The maximum atomic E-state index is 2.54. The minimum Gasteiger partial charge on any atom is -0.328 e. The van der Waals surface area contributed by atoms with Gasteiger partial charge in [0.2, 0.25) is 0 Å².